The van der Waals surface area contributed by atoms with Crippen molar-refractivity contribution in [2.75, 3.05) is 6.61 Å². The fourth-order valence-corrected chi connectivity index (χ4v) is 5.18. The van der Waals surface area contributed by atoms with Crippen LogP contribution in [0.4, 0.5) is 0 Å². The molecular weight excluding hydrogens is 260 g/mol. The Balaban J connectivity index is 1.63. The molecule has 3 heteroatoms. The zero-order valence-electron chi connectivity index (χ0n) is 14.0. The van der Waals surface area contributed by atoms with Gasteiger partial charge in [-0.15, -0.1) is 0 Å². The summed E-state index contributed by atoms with van der Waals surface area (Å²) in [6.45, 7) is 5.77. The number of rotatable bonds is 3. The maximum Gasteiger partial charge on any atom is 0.0685 e. The monoisotopic (exact) mass is 294 g/mol. The highest BCUT2D eigenvalue weighted by molar-refractivity contribution is 4.96. The fraction of sp³-hybridized carbons (Fsp3) is 1.00. The third-order valence-corrected chi connectivity index (χ3v) is 6.64. The van der Waals surface area contributed by atoms with Gasteiger partial charge in [0.2, 0.25) is 0 Å². The second-order valence-electron chi connectivity index (χ2n) is 8.69. The highest BCUT2D eigenvalue weighted by atomic mass is 16.5. The lowest BCUT2D eigenvalue weighted by Crippen LogP contribution is -2.52. The van der Waals surface area contributed by atoms with E-state index in [0.29, 0.717) is 17.4 Å². The zero-order valence-corrected chi connectivity index (χ0v) is 14.0. The second-order valence-corrected chi connectivity index (χ2v) is 8.69. The van der Waals surface area contributed by atoms with Crippen LogP contribution in [-0.4, -0.2) is 18.2 Å². The maximum absolute atomic E-state index is 6.20. The molecule has 0 aromatic rings. The van der Waals surface area contributed by atoms with E-state index in [-0.39, 0.29) is 5.60 Å². The van der Waals surface area contributed by atoms with Gasteiger partial charge in [0.15, 0.2) is 0 Å². The van der Waals surface area contributed by atoms with E-state index < -0.39 is 0 Å². The molecule has 3 N–H and O–H groups in total. The van der Waals surface area contributed by atoms with Crippen LogP contribution in [0.5, 0.6) is 0 Å². The van der Waals surface area contributed by atoms with E-state index in [1.807, 2.05) is 0 Å². The number of ether oxygens (including phenoxy) is 1. The van der Waals surface area contributed by atoms with Crippen LogP contribution in [0.3, 0.4) is 0 Å². The van der Waals surface area contributed by atoms with E-state index in [2.05, 4.69) is 19.3 Å². The Morgan fingerprint density at radius 1 is 1.00 bits per heavy atom. The molecule has 0 radical (unpaired) electrons. The molecule has 3 nitrogen and oxygen atoms in total. The van der Waals surface area contributed by atoms with Crippen molar-refractivity contribution < 1.29 is 4.74 Å². The summed E-state index contributed by atoms with van der Waals surface area (Å²) in [5.74, 6) is 7.48. The van der Waals surface area contributed by atoms with Gasteiger partial charge in [0.25, 0.3) is 0 Å². The van der Waals surface area contributed by atoms with E-state index in [0.717, 1.165) is 12.5 Å². The first kappa shape index (κ1) is 15.8. The average Bonchev–Trinajstić information content (AvgIpc) is 2.89. The van der Waals surface area contributed by atoms with Gasteiger partial charge >= 0.3 is 0 Å². The Kier molecular flexibility index (Phi) is 4.63. The van der Waals surface area contributed by atoms with Crippen molar-refractivity contribution in [2.24, 2.45) is 23.1 Å². The molecule has 3 fully saturated rings. The summed E-state index contributed by atoms with van der Waals surface area (Å²) in [4.78, 5) is 0. The molecule has 21 heavy (non-hydrogen) atoms. The molecule has 0 bridgehead atoms. The Labute approximate surface area is 130 Å². The number of nitrogens with two attached hydrogens (primary N) is 1. The molecular formula is C18H34N2O. The predicted octanol–water partition coefficient (Wildman–Crippen LogP) is 3.77. The average molecular weight is 294 g/mol. The molecule has 1 heterocycles. The molecule has 2 unspecified atom stereocenters. The van der Waals surface area contributed by atoms with Crippen molar-refractivity contribution in [1.82, 2.24) is 5.43 Å². The van der Waals surface area contributed by atoms with E-state index in [1.165, 1.54) is 64.2 Å². The number of hydrogen-bond donors (Lipinski definition) is 2. The lowest BCUT2D eigenvalue weighted by atomic mass is 9.67. The van der Waals surface area contributed by atoms with Gasteiger partial charge in [0.1, 0.15) is 0 Å². The third-order valence-electron chi connectivity index (χ3n) is 6.64. The zero-order chi connectivity index (χ0) is 14.9. The van der Waals surface area contributed by atoms with Crippen molar-refractivity contribution in [1.29, 1.82) is 0 Å². The van der Waals surface area contributed by atoms with Crippen LogP contribution in [0.2, 0.25) is 0 Å². The maximum atomic E-state index is 6.20. The lowest BCUT2D eigenvalue weighted by molar-refractivity contribution is -0.102. The summed E-state index contributed by atoms with van der Waals surface area (Å²) < 4.78 is 6.20. The first-order chi connectivity index (χ1) is 10.0. The molecule has 122 valence electrons. The van der Waals surface area contributed by atoms with Crippen molar-refractivity contribution >= 4 is 0 Å². The minimum atomic E-state index is 0.214. The van der Waals surface area contributed by atoms with Gasteiger partial charge in [-0.1, -0.05) is 26.7 Å². The van der Waals surface area contributed by atoms with Crippen molar-refractivity contribution in [3.8, 4) is 0 Å². The van der Waals surface area contributed by atoms with Crippen LogP contribution in [0.1, 0.15) is 78.1 Å². The molecule has 1 spiro atoms. The van der Waals surface area contributed by atoms with Gasteiger partial charge in [-0.05, 0) is 68.6 Å². The summed E-state index contributed by atoms with van der Waals surface area (Å²) in [5, 5.41) is 0. The first-order valence-corrected chi connectivity index (χ1v) is 9.14. The van der Waals surface area contributed by atoms with Crippen molar-refractivity contribution in [3.63, 3.8) is 0 Å². The summed E-state index contributed by atoms with van der Waals surface area (Å²) in [7, 11) is 0. The Morgan fingerprint density at radius 3 is 2.29 bits per heavy atom. The molecule has 0 amide bonds. The normalized spacial score (nSPS) is 34.1. The van der Waals surface area contributed by atoms with Crippen molar-refractivity contribution in [3.05, 3.63) is 0 Å². The quantitative estimate of drug-likeness (QED) is 0.615. The van der Waals surface area contributed by atoms with Crippen LogP contribution in [0.25, 0.3) is 0 Å². The van der Waals surface area contributed by atoms with E-state index >= 15 is 0 Å². The molecule has 0 aromatic heterocycles. The molecule has 2 saturated carbocycles. The van der Waals surface area contributed by atoms with Gasteiger partial charge in [0, 0.05) is 12.6 Å². The molecule has 2 aliphatic carbocycles. The predicted molar refractivity (Wildman–Crippen MR) is 86.7 cm³/mol. The molecule has 3 rings (SSSR count). The van der Waals surface area contributed by atoms with Crippen LogP contribution in [0.15, 0.2) is 0 Å². The summed E-state index contributed by atoms with van der Waals surface area (Å²) >= 11 is 0. The number of hydrogen-bond acceptors (Lipinski definition) is 3. The third kappa shape index (κ3) is 3.46. The van der Waals surface area contributed by atoms with Crippen LogP contribution < -0.4 is 11.3 Å². The molecule has 1 aliphatic heterocycles. The molecule has 2 atom stereocenters. The van der Waals surface area contributed by atoms with Crippen molar-refractivity contribution in [2.45, 2.75) is 89.7 Å². The van der Waals surface area contributed by atoms with Gasteiger partial charge in [-0.25, -0.2) is 0 Å². The number of hydrazine groups is 1. The molecule has 3 aliphatic rings. The fourth-order valence-electron chi connectivity index (χ4n) is 5.18. The second kappa shape index (κ2) is 6.17. The highest BCUT2D eigenvalue weighted by Crippen LogP contribution is 2.46. The minimum absolute atomic E-state index is 0.214. The van der Waals surface area contributed by atoms with E-state index in [4.69, 9.17) is 10.6 Å². The van der Waals surface area contributed by atoms with E-state index in [1.54, 1.807) is 0 Å². The van der Waals surface area contributed by atoms with Crippen LogP contribution >= 0.6 is 0 Å². The first-order valence-electron chi connectivity index (χ1n) is 9.14. The highest BCUT2D eigenvalue weighted by Gasteiger charge is 2.44. The summed E-state index contributed by atoms with van der Waals surface area (Å²) in [6, 6.07) is 0.502. The van der Waals surface area contributed by atoms with Gasteiger partial charge < -0.3 is 4.74 Å². The topological polar surface area (TPSA) is 47.3 Å². The number of nitrogens with one attached hydrogen (secondary N) is 1. The lowest BCUT2D eigenvalue weighted by Gasteiger charge is -2.45. The minimum Gasteiger partial charge on any atom is -0.375 e. The van der Waals surface area contributed by atoms with E-state index in [9.17, 15) is 0 Å². The molecule has 1 saturated heterocycles. The Hall–Kier alpha value is -0.120. The Morgan fingerprint density at radius 2 is 1.67 bits per heavy atom. The van der Waals surface area contributed by atoms with Gasteiger partial charge in [-0.3, -0.25) is 11.3 Å². The standard InChI is InChI=1S/C18H34N2O/c1-17(2)10-5-14(6-11-17)16(20-19)15-7-12-21-18(13-15)8-3-4-9-18/h14-16,20H,3-13,19H2,1-2H3. The van der Waals surface area contributed by atoms with Crippen LogP contribution in [0, 0.1) is 17.3 Å². The smallest absolute Gasteiger partial charge is 0.0685 e. The SMILES string of the molecule is CC1(C)CCC(C(NN)C2CCOC3(CCCC3)C2)CC1. The van der Waals surface area contributed by atoms with Gasteiger partial charge in [-0.2, -0.15) is 0 Å². The molecule has 0 aromatic carbocycles. The summed E-state index contributed by atoms with van der Waals surface area (Å²) in [6.07, 6.45) is 13.1. The Bertz CT molecular complexity index is 339. The summed E-state index contributed by atoms with van der Waals surface area (Å²) in [5.41, 5.74) is 3.97. The van der Waals surface area contributed by atoms with Crippen LogP contribution in [-0.2, 0) is 4.74 Å². The van der Waals surface area contributed by atoms with Gasteiger partial charge in [0.05, 0.1) is 5.60 Å². The largest absolute Gasteiger partial charge is 0.375 e.